The molecule has 6 nitrogen and oxygen atoms in total. The minimum absolute atomic E-state index is 0.260. The molecule has 0 aromatic heterocycles. The van der Waals surface area contributed by atoms with Crippen molar-refractivity contribution in [1.29, 1.82) is 0 Å². The fourth-order valence-corrected chi connectivity index (χ4v) is 1.90. The van der Waals surface area contributed by atoms with E-state index in [1.807, 2.05) is 6.92 Å². The van der Waals surface area contributed by atoms with Gasteiger partial charge in [-0.15, -0.1) is 0 Å². The number of nitrogens with one attached hydrogen (secondary N) is 1. The number of amides is 1. The van der Waals surface area contributed by atoms with E-state index >= 15 is 0 Å². The van der Waals surface area contributed by atoms with Crippen LogP contribution < -0.4 is 15.8 Å². The molecule has 0 spiro atoms. The number of aryl methyl sites for hydroxylation is 1. The van der Waals surface area contributed by atoms with E-state index in [9.17, 15) is 4.79 Å². The van der Waals surface area contributed by atoms with Crippen LogP contribution in [0.25, 0.3) is 0 Å². The molecule has 0 radical (unpaired) electrons. The van der Waals surface area contributed by atoms with Crippen molar-refractivity contribution in [3.8, 4) is 5.75 Å². The number of nitrogens with zero attached hydrogens (tertiary/aromatic N) is 2. The van der Waals surface area contributed by atoms with Crippen molar-refractivity contribution in [1.82, 2.24) is 0 Å². The van der Waals surface area contributed by atoms with Crippen LogP contribution in [-0.4, -0.2) is 13.0 Å². The third-order valence-electron chi connectivity index (χ3n) is 3.14. The largest absolute Gasteiger partial charge is 0.495 e. The van der Waals surface area contributed by atoms with Crippen molar-refractivity contribution in [3.63, 3.8) is 0 Å². The van der Waals surface area contributed by atoms with Gasteiger partial charge in [-0.3, -0.25) is 4.79 Å². The van der Waals surface area contributed by atoms with Crippen LogP contribution in [0.15, 0.2) is 59.3 Å². The molecule has 2 aromatic carbocycles. The summed E-state index contributed by atoms with van der Waals surface area (Å²) in [6.07, 6.45) is 1.21. The summed E-state index contributed by atoms with van der Waals surface area (Å²) in [4.78, 5) is 11.2. The Labute approximate surface area is 134 Å². The summed E-state index contributed by atoms with van der Waals surface area (Å²) in [5.74, 6) is 0.302. The minimum Gasteiger partial charge on any atom is -0.495 e. The van der Waals surface area contributed by atoms with Crippen molar-refractivity contribution >= 4 is 28.7 Å². The number of benzene rings is 2. The summed E-state index contributed by atoms with van der Waals surface area (Å²) in [6, 6.07) is 10.5. The highest BCUT2D eigenvalue weighted by atomic mass is 16.5. The number of azo groups is 1. The van der Waals surface area contributed by atoms with Crippen LogP contribution in [0.1, 0.15) is 5.56 Å². The van der Waals surface area contributed by atoms with Crippen molar-refractivity contribution in [2.24, 2.45) is 10.2 Å². The lowest BCUT2D eigenvalue weighted by molar-refractivity contribution is -0.111. The topological polar surface area (TPSA) is 89.1 Å². The fourth-order valence-electron chi connectivity index (χ4n) is 1.90. The molecule has 0 bridgehead atoms. The average Bonchev–Trinajstić information content (AvgIpc) is 2.55. The van der Waals surface area contributed by atoms with Gasteiger partial charge < -0.3 is 15.8 Å². The average molecular weight is 310 g/mol. The molecule has 0 aliphatic rings. The van der Waals surface area contributed by atoms with E-state index in [1.165, 1.54) is 6.08 Å². The highest BCUT2D eigenvalue weighted by Gasteiger charge is 2.05. The zero-order chi connectivity index (χ0) is 16.8. The zero-order valence-corrected chi connectivity index (χ0v) is 13.0. The second-order valence-electron chi connectivity index (χ2n) is 4.82. The Bertz CT molecular complexity index is 752. The SMILES string of the molecule is C=CC(=O)Nc1ccc(/N=N/c2cc(OC)c(N)cc2C)cc1. The smallest absolute Gasteiger partial charge is 0.247 e. The van der Waals surface area contributed by atoms with Gasteiger partial charge in [0.05, 0.1) is 24.2 Å². The number of nitrogens with two attached hydrogens (primary N) is 1. The minimum atomic E-state index is -0.260. The number of hydrogen-bond acceptors (Lipinski definition) is 5. The normalized spacial score (nSPS) is 10.5. The van der Waals surface area contributed by atoms with Crippen LogP contribution in [0.5, 0.6) is 5.75 Å². The van der Waals surface area contributed by atoms with Gasteiger partial charge in [-0.25, -0.2) is 0 Å². The van der Waals surface area contributed by atoms with Crippen LogP contribution >= 0.6 is 0 Å². The highest BCUT2D eigenvalue weighted by Crippen LogP contribution is 2.31. The van der Waals surface area contributed by atoms with Gasteiger partial charge in [0.25, 0.3) is 0 Å². The van der Waals surface area contributed by atoms with E-state index in [0.717, 1.165) is 5.56 Å². The molecule has 0 aliphatic heterocycles. The van der Waals surface area contributed by atoms with Crippen LogP contribution in [0.2, 0.25) is 0 Å². The Morgan fingerprint density at radius 1 is 1.26 bits per heavy atom. The maximum Gasteiger partial charge on any atom is 0.247 e. The number of nitrogen functional groups attached to an aromatic ring is 1. The van der Waals surface area contributed by atoms with Crippen LogP contribution in [-0.2, 0) is 4.79 Å². The number of carbonyl (C=O) groups is 1. The first-order valence-electron chi connectivity index (χ1n) is 6.93. The first-order valence-corrected chi connectivity index (χ1v) is 6.93. The van der Waals surface area contributed by atoms with E-state index < -0.39 is 0 Å². The van der Waals surface area contributed by atoms with Gasteiger partial charge in [0.1, 0.15) is 5.75 Å². The second-order valence-corrected chi connectivity index (χ2v) is 4.82. The van der Waals surface area contributed by atoms with Gasteiger partial charge in [-0.05, 0) is 48.9 Å². The Hall–Kier alpha value is -3.15. The molecule has 2 aromatic rings. The van der Waals surface area contributed by atoms with Crippen molar-refractivity contribution in [2.75, 3.05) is 18.2 Å². The molecule has 0 atom stereocenters. The van der Waals surface area contributed by atoms with Gasteiger partial charge >= 0.3 is 0 Å². The van der Waals surface area contributed by atoms with Crippen LogP contribution in [0.4, 0.5) is 22.7 Å². The van der Waals surface area contributed by atoms with E-state index in [1.54, 1.807) is 43.5 Å². The molecule has 0 fully saturated rings. The number of hydrogen-bond donors (Lipinski definition) is 2. The summed E-state index contributed by atoms with van der Waals surface area (Å²) >= 11 is 0. The number of carbonyl (C=O) groups excluding carboxylic acids is 1. The fraction of sp³-hybridized carbons (Fsp3) is 0.118. The third-order valence-corrected chi connectivity index (χ3v) is 3.14. The number of anilines is 2. The van der Waals surface area contributed by atoms with Gasteiger partial charge in [0.2, 0.25) is 5.91 Å². The quantitative estimate of drug-likeness (QED) is 0.494. The summed E-state index contributed by atoms with van der Waals surface area (Å²) in [6.45, 7) is 5.30. The highest BCUT2D eigenvalue weighted by molar-refractivity contribution is 5.98. The van der Waals surface area contributed by atoms with Crippen LogP contribution in [0, 0.1) is 6.92 Å². The molecule has 0 aliphatic carbocycles. The Kier molecular flexibility index (Phi) is 5.09. The van der Waals surface area contributed by atoms with E-state index in [0.29, 0.717) is 28.5 Å². The van der Waals surface area contributed by atoms with Gasteiger partial charge in [-0.2, -0.15) is 10.2 Å². The predicted octanol–water partition coefficient (Wildman–Crippen LogP) is 4.13. The molecule has 1 amide bonds. The number of methoxy groups -OCH3 is 1. The summed E-state index contributed by atoms with van der Waals surface area (Å²) in [5.41, 5.74) is 9.31. The van der Waals surface area contributed by atoms with Crippen molar-refractivity contribution in [3.05, 3.63) is 54.6 Å². The van der Waals surface area contributed by atoms with Gasteiger partial charge in [0, 0.05) is 11.8 Å². The molecule has 23 heavy (non-hydrogen) atoms. The summed E-state index contributed by atoms with van der Waals surface area (Å²) in [5, 5.41) is 11.1. The molecule has 0 unspecified atom stereocenters. The molecule has 0 saturated heterocycles. The van der Waals surface area contributed by atoms with E-state index in [-0.39, 0.29) is 5.91 Å². The third kappa shape index (κ3) is 4.16. The van der Waals surface area contributed by atoms with Crippen molar-refractivity contribution in [2.45, 2.75) is 6.92 Å². The maximum atomic E-state index is 11.2. The molecule has 0 saturated carbocycles. The molecule has 3 N–H and O–H groups in total. The Morgan fingerprint density at radius 3 is 2.57 bits per heavy atom. The van der Waals surface area contributed by atoms with E-state index in [2.05, 4.69) is 22.1 Å². The monoisotopic (exact) mass is 310 g/mol. The first-order chi connectivity index (χ1) is 11.0. The van der Waals surface area contributed by atoms with Crippen LogP contribution in [0.3, 0.4) is 0 Å². The van der Waals surface area contributed by atoms with Gasteiger partial charge in [-0.1, -0.05) is 6.58 Å². The van der Waals surface area contributed by atoms with E-state index in [4.69, 9.17) is 10.5 Å². The lowest BCUT2D eigenvalue weighted by atomic mass is 10.1. The van der Waals surface area contributed by atoms with Gasteiger partial charge in [0.15, 0.2) is 0 Å². The molecule has 6 heteroatoms. The standard InChI is InChI=1S/C17H18N4O2/c1-4-17(22)19-12-5-7-13(8-6-12)20-21-15-10-16(23-3)14(18)9-11(15)2/h4-10H,1,18H2,2-3H3,(H,19,22)/b21-20+. The second kappa shape index (κ2) is 7.22. The maximum absolute atomic E-state index is 11.2. The number of rotatable bonds is 5. The lowest BCUT2D eigenvalue weighted by Crippen LogP contribution is -2.06. The Balaban J connectivity index is 2.17. The summed E-state index contributed by atoms with van der Waals surface area (Å²) in [7, 11) is 1.55. The Morgan fingerprint density at radius 2 is 1.96 bits per heavy atom. The predicted molar refractivity (Wildman–Crippen MR) is 91.6 cm³/mol. The molecule has 2 rings (SSSR count). The lowest BCUT2D eigenvalue weighted by Gasteiger charge is -2.07. The molecule has 0 heterocycles. The molecule has 118 valence electrons. The van der Waals surface area contributed by atoms with Crippen molar-refractivity contribution < 1.29 is 9.53 Å². The molecular weight excluding hydrogens is 292 g/mol. The number of ether oxygens (including phenoxy) is 1. The zero-order valence-electron chi connectivity index (χ0n) is 13.0. The first kappa shape index (κ1) is 16.2. The summed E-state index contributed by atoms with van der Waals surface area (Å²) < 4.78 is 5.18. The molecular formula is C17H18N4O2.